The Kier molecular flexibility index (Phi) is 5.10. The van der Waals surface area contributed by atoms with Gasteiger partial charge in [-0.25, -0.2) is 0 Å². The van der Waals surface area contributed by atoms with Crippen LogP contribution in [0.3, 0.4) is 0 Å². The zero-order valence-corrected chi connectivity index (χ0v) is 12.1. The molecule has 1 aliphatic carbocycles. The Morgan fingerprint density at radius 2 is 2.00 bits per heavy atom. The van der Waals surface area contributed by atoms with Crippen molar-refractivity contribution in [3.63, 3.8) is 0 Å². The standard InChI is InChI=1S/C15H24N2S/c1-11(2)9-18-10-15(17-16)14-8-13(14)12-6-4-3-5-7-12/h3-7,11,13-15,17H,8-10,16H2,1-2H3. The van der Waals surface area contributed by atoms with E-state index in [9.17, 15) is 0 Å². The number of thioether (sulfide) groups is 1. The molecule has 0 bridgehead atoms. The fourth-order valence-electron chi connectivity index (χ4n) is 2.47. The predicted octanol–water partition coefficient (Wildman–Crippen LogP) is 3.01. The maximum Gasteiger partial charge on any atom is 0.0335 e. The van der Waals surface area contributed by atoms with Crippen LogP contribution >= 0.6 is 11.8 Å². The van der Waals surface area contributed by atoms with Gasteiger partial charge >= 0.3 is 0 Å². The molecule has 0 aromatic heterocycles. The number of rotatable bonds is 7. The summed E-state index contributed by atoms with van der Waals surface area (Å²) in [5.74, 6) is 10.3. The molecule has 18 heavy (non-hydrogen) atoms. The number of benzene rings is 1. The zero-order valence-electron chi connectivity index (χ0n) is 11.3. The minimum absolute atomic E-state index is 0.457. The highest BCUT2D eigenvalue weighted by molar-refractivity contribution is 7.99. The first kappa shape index (κ1) is 13.9. The van der Waals surface area contributed by atoms with E-state index in [2.05, 4.69) is 49.6 Å². The topological polar surface area (TPSA) is 38.0 Å². The third-order valence-electron chi connectivity index (χ3n) is 3.55. The van der Waals surface area contributed by atoms with E-state index in [1.807, 2.05) is 11.8 Å². The second-order valence-electron chi connectivity index (χ2n) is 5.62. The van der Waals surface area contributed by atoms with E-state index >= 15 is 0 Å². The molecule has 0 saturated heterocycles. The molecule has 1 aliphatic rings. The zero-order chi connectivity index (χ0) is 13.0. The first-order chi connectivity index (χ1) is 8.72. The van der Waals surface area contributed by atoms with Crippen molar-refractivity contribution in [3.8, 4) is 0 Å². The van der Waals surface area contributed by atoms with Crippen molar-refractivity contribution >= 4 is 11.8 Å². The number of hydrogen-bond donors (Lipinski definition) is 2. The minimum Gasteiger partial charge on any atom is -0.271 e. The lowest BCUT2D eigenvalue weighted by Gasteiger charge is -2.16. The lowest BCUT2D eigenvalue weighted by atomic mass is 10.1. The molecule has 1 aromatic rings. The van der Waals surface area contributed by atoms with Crippen molar-refractivity contribution in [1.29, 1.82) is 0 Å². The molecule has 1 aromatic carbocycles. The first-order valence-electron chi connectivity index (χ1n) is 6.81. The van der Waals surface area contributed by atoms with Crippen LogP contribution < -0.4 is 11.3 Å². The highest BCUT2D eigenvalue weighted by Gasteiger charge is 2.43. The van der Waals surface area contributed by atoms with Crippen LogP contribution in [0.4, 0.5) is 0 Å². The Morgan fingerprint density at radius 3 is 2.61 bits per heavy atom. The molecular formula is C15H24N2S. The molecule has 1 fully saturated rings. The highest BCUT2D eigenvalue weighted by Crippen LogP contribution is 2.49. The molecule has 100 valence electrons. The first-order valence-corrected chi connectivity index (χ1v) is 7.96. The van der Waals surface area contributed by atoms with Gasteiger partial charge in [0.25, 0.3) is 0 Å². The Bertz CT molecular complexity index is 353. The van der Waals surface area contributed by atoms with Gasteiger partial charge in [-0.3, -0.25) is 11.3 Å². The molecule has 3 unspecified atom stereocenters. The molecule has 0 aliphatic heterocycles. The van der Waals surface area contributed by atoms with Crippen LogP contribution in [0.25, 0.3) is 0 Å². The largest absolute Gasteiger partial charge is 0.271 e. The Hall–Kier alpha value is -0.510. The summed E-state index contributed by atoms with van der Waals surface area (Å²) in [6.07, 6.45) is 1.28. The average Bonchev–Trinajstić information content (AvgIpc) is 3.15. The van der Waals surface area contributed by atoms with Crippen molar-refractivity contribution in [2.75, 3.05) is 11.5 Å². The lowest BCUT2D eigenvalue weighted by molar-refractivity contribution is 0.510. The molecule has 3 heteroatoms. The summed E-state index contributed by atoms with van der Waals surface area (Å²) in [6, 6.07) is 11.3. The quantitative estimate of drug-likeness (QED) is 0.587. The Labute approximate surface area is 115 Å². The summed E-state index contributed by atoms with van der Waals surface area (Å²) < 4.78 is 0. The van der Waals surface area contributed by atoms with E-state index in [-0.39, 0.29) is 0 Å². The van der Waals surface area contributed by atoms with Gasteiger partial charge < -0.3 is 0 Å². The molecule has 2 rings (SSSR count). The van der Waals surface area contributed by atoms with Crippen LogP contribution in [-0.2, 0) is 0 Å². The SMILES string of the molecule is CC(C)CSCC(NN)C1CC1c1ccccc1. The third kappa shape index (κ3) is 3.74. The van der Waals surface area contributed by atoms with Crippen LogP contribution in [-0.4, -0.2) is 17.5 Å². The van der Waals surface area contributed by atoms with Crippen molar-refractivity contribution in [2.24, 2.45) is 17.7 Å². The summed E-state index contributed by atoms with van der Waals surface area (Å²) in [4.78, 5) is 0. The Balaban J connectivity index is 1.81. The van der Waals surface area contributed by atoms with E-state index < -0.39 is 0 Å². The van der Waals surface area contributed by atoms with Crippen LogP contribution in [0.5, 0.6) is 0 Å². The maximum atomic E-state index is 5.71. The van der Waals surface area contributed by atoms with E-state index in [1.165, 1.54) is 17.7 Å². The minimum atomic E-state index is 0.457. The molecule has 0 radical (unpaired) electrons. The molecule has 0 heterocycles. The van der Waals surface area contributed by atoms with Gasteiger partial charge in [0, 0.05) is 11.8 Å². The highest BCUT2D eigenvalue weighted by atomic mass is 32.2. The molecule has 3 N–H and O–H groups in total. The van der Waals surface area contributed by atoms with Gasteiger partial charge in [-0.2, -0.15) is 11.8 Å². The van der Waals surface area contributed by atoms with Gasteiger partial charge in [-0.05, 0) is 35.5 Å². The van der Waals surface area contributed by atoms with Gasteiger partial charge in [0.15, 0.2) is 0 Å². The van der Waals surface area contributed by atoms with Gasteiger partial charge in [0.05, 0.1) is 0 Å². The van der Waals surface area contributed by atoms with Crippen molar-refractivity contribution in [1.82, 2.24) is 5.43 Å². The monoisotopic (exact) mass is 264 g/mol. The molecule has 1 saturated carbocycles. The van der Waals surface area contributed by atoms with Crippen LogP contribution in [0, 0.1) is 11.8 Å². The van der Waals surface area contributed by atoms with Gasteiger partial charge in [0.1, 0.15) is 0 Å². The van der Waals surface area contributed by atoms with Crippen LogP contribution in [0.1, 0.15) is 31.7 Å². The number of nitrogens with two attached hydrogens (primary N) is 1. The molecular weight excluding hydrogens is 240 g/mol. The van der Waals surface area contributed by atoms with Gasteiger partial charge in [0.2, 0.25) is 0 Å². The summed E-state index contributed by atoms with van der Waals surface area (Å²) >= 11 is 2.02. The maximum absolute atomic E-state index is 5.71. The normalized spacial score (nSPS) is 24.2. The summed E-state index contributed by atoms with van der Waals surface area (Å²) in [6.45, 7) is 4.53. The number of hydrogen-bond acceptors (Lipinski definition) is 3. The number of hydrazine groups is 1. The van der Waals surface area contributed by atoms with E-state index in [0.29, 0.717) is 12.0 Å². The third-order valence-corrected chi connectivity index (χ3v) is 5.04. The molecule has 3 atom stereocenters. The van der Waals surface area contributed by atoms with Gasteiger partial charge in [-0.1, -0.05) is 44.2 Å². The summed E-state index contributed by atoms with van der Waals surface area (Å²) in [5.41, 5.74) is 4.49. The van der Waals surface area contributed by atoms with E-state index in [0.717, 1.165) is 17.6 Å². The fraction of sp³-hybridized carbons (Fsp3) is 0.600. The van der Waals surface area contributed by atoms with Crippen molar-refractivity contribution in [3.05, 3.63) is 35.9 Å². The second kappa shape index (κ2) is 6.60. The van der Waals surface area contributed by atoms with Gasteiger partial charge in [-0.15, -0.1) is 0 Å². The fourth-order valence-corrected chi connectivity index (χ4v) is 3.67. The molecule has 0 spiro atoms. The van der Waals surface area contributed by atoms with E-state index in [4.69, 9.17) is 5.84 Å². The van der Waals surface area contributed by atoms with E-state index in [1.54, 1.807) is 0 Å². The molecule has 2 nitrogen and oxygen atoms in total. The van der Waals surface area contributed by atoms with Crippen LogP contribution in [0.15, 0.2) is 30.3 Å². The second-order valence-corrected chi connectivity index (χ2v) is 6.70. The van der Waals surface area contributed by atoms with Crippen LogP contribution in [0.2, 0.25) is 0 Å². The smallest absolute Gasteiger partial charge is 0.0335 e. The Morgan fingerprint density at radius 1 is 1.28 bits per heavy atom. The van der Waals surface area contributed by atoms with Crippen molar-refractivity contribution in [2.45, 2.75) is 32.2 Å². The molecule has 0 amide bonds. The average molecular weight is 264 g/mol. The lowest BCUT2D eigenvalue weighted by Crippen LogP contribution is -2.39. The summed E-state index contributed by atoms with van der Waals surface area (Å²) in [7, 11) is 0. The summed E-state index contributed by atoms with van der Waals surface area (Å²) in [5, 5.41) is 0. The van der Waals surface area contributed by atoms with Crippen molar-refractivity contribution < 1.29 is 0 Å². The predicted molar refractivity (Wildman–Crippen MR) is 80.6 cm³/mol. The number of nitrogens with one attached hydrogen (secondary N) is 1.